The summed E-state index contributed by atoms with van der Waals surface area (Å²) in [4.78, 5) is 11.3. The second-order valence-electron chi connectivity index (χ2n) is 5.43. The standard InChI is InChI=1S/C17H17ClN2O/c18-14-9-8-13(17(19)21)10-15(14)20-16(12-6-7-12)11-4-2-1-3-5-11/h1-5,8-10,12,16,20H,6-7H2,(H2,19,21). The highest BCUT2D eigenvalue weighted by Crippen LogP contribution is 2.43. The fourth-order valence-corrected chi connectivity index (χ4v) is 2.69. The summed E-state index contributed by atoms with van der Waals surface area (Å²) in [5, 5.41) is 4.08. The Balaban J connectivity index is 1.90. The molecule has 3 rings (SSSR count). The van der Waals surface area contributed by atoms with Gasteiger partial charge in [-0.05, 0) is 42.5 Å². The second-order valence-corrected chi connectivity index (χ2v) is 5.84. The van der Waals surface area contributed by atoms with E-state index in [0.717, 1.165) is 5.69 Å². The molecule has 21 heavy (non-hydrogen) atoms. The lowest BCUT2D eigenvalue weighted by Crippen LogP contribution is -2.15. The van der Waals surface area contributed by atoms with Crippen LogP contribution in [0, 0.1) is 5.92 Å². The molecule has 0 heterocycles. The monoisotopic (exact) mass is 300 g/mol. The van der Waals surface area contributed by atoms with Crippen molar-refractivity contribution in [3.05, 3.63) is 64.7 Å². The molecule has 3 N–H and O–H groups in total. The van der Waals surface area contributed by atoms with E-state index in [1.165, 1.54) is 18.4 Å². The maximum atomic E-state index is 11.3. The van der Waals surface area contributed by atoms with Crippen molar-refractivity contribution < 1.29 is 4.79 Å². The van der Waals surface area contributed by atoms with Crippen molar-refractivity contribution in [2.45, 2.75) is 18.9 Å². The third-order valence-electron chi connectivity index (χ3n) is 3.81. The van der Waals surface area contributed by atoms with E-state index in [0.29, 0.717) is 16.5 Å². The third-order valence-corrected chi connectivity index (χ3v) is 4.14. The molecule has 2 aromatic rings. The zero-order chi connectivity index (χ0) is 14.8. The molecule has 0 radical (unpaired) electrons. The van der Waals surface area contributed by atoms with Gasteiger partial charge < -0.3 is 11.1 Å². The third kappa shape index (κ3) is 3.19. The first-order chi connectivity index (χ1) is 10.1. The van der Waals surface area contributed by atoms with Gasteiger partial charge in [0.1, 0.15) is 0 Å². The Morgan fingerprint density at radius 2 is 1.90 bits per heavy atom. The summed E-state index contributed by atoms with van der Waals surface area (Å²) in [7, 11) is 0. The lowest BCUT2D eigenvalue weighted by Gasteiger charge is -2.21. The number of anilines is 1. The number of benzene rings is 2. The Labute approximate surface area is 129 Å². The van der Waals surface area contributed by atoms with E-state index in [-0.39, 0.29) is 6.04 Å². The first-order valence-electron chi connectivity index (χ1n) is 7.06. The van der Waals surface area contributed by atoms with Crippen LogP contribution in [0.25, 0.3) is 0 Å². The largest absolute Gasteiger partial charge is 0.377 e. The van der Waals surface area contributed by atoms with Crippen molar-refractivity contribution in [3.63, 3.8) is 0 Å². The van der Waals surface area contributed by atoms with Gasteiger partial charge in [-0.25, -0.2) is 0 Å². The Hall–Kier alpha value is -2.00. The van der Waals surface area contributed by atoms with E-state index in [9.17, 15) is 4.79 Å². The smallest absolute Gasteiger partial charge is 0.248 e. The number of halogens is 1. The molecular weight excluding hydrogens is 284 g/mol. The first kappa shape index (κ1) is 14.0. The van der Waals surface area contributed by atoms with E-state index in [4.69, 9.17) is 17.3 Å². The van der Waals surface area contributed by atoms with Crippen LogP contribution in [0.2, 0.25) is 5.02 Å². The van der Waals surface area contributed by atoms with Crippen molar-refractivity contribution in [1.82, 2.24) is 0 Å². The number of amides is 1. The van der Waals surface area contributed by atoms with Crippen LogP contribution in [0.15, 0.2) is 48.5 Å². The van der Waals surface area contributed by atoms with Gasteiger partial charge >= 0.3 is 0 Å². The van der Waals surface area contributed by atoms with Crippen LogP contribution in [-0.4, -0.2) is 5.91 Å². The highest BCUT2D eigenvalue weighted by molar-refractivity contribution is 6.33. The van der Waals surface area contributed by atoms with Crippen molar-refractivity contribution in [2.24, 2.45) is 11.7 Å². The average Bonchev–Trinajstić information content (AvgIpc) is 3.31. The Bertz CT molecular complexity index is 653. The molecule has 0 saturated heterocycles. The molecule has 0 aliphatic heterocycles. The molecule has 108 valence electrons. The normalized spacial score (nSPS) is 15.5. The van der Waals surface area contributed by atoms with E-state index >= 15 is 0 Å². The van der Waals surface area contributed by atoms with E-state index in [2.05, 4.69) is 17.4 Å². The number of nitrogens with two attached hydrogens (primary N) is 1. The summed E-state index contributed by atoms with van der Waals surface area (Å²) in [6.45, 7) is 0. The van der Waals surface area contributed by atoms with Gasteiger partial charge in [-0.15, -0.1) is 0 Å². The minimum absolute atomic E-state index is 0.215. The zero-order valence-electron chi connectivity index (χ0n) is 11.6. The predicted molar refractivity (Wildman–Crippen MR) is 85.5 cm³/mol. The first-order valence-corrected chi connectivity index (χ1v) is 7.44. The molecule has 1 amide bonds. The average molecular weight is 301 g/mol. The molecule has 1 saturated carbocycles. The molecule has 0 aromatic heterocycles. The lowest BCUT2D eigenvalue weighted by molar-refractivity contribution is 0.100. The van der Waals surface area contributed by atoms with Gasteiger partial charge in [-0.2, -0.15) is 0 Å². The minimum atomic E-state index is -0.447. The van der Waals surface area contributed by atoms with Crippen LogP contribution in [-0.2, 0) is 0 Å². The molecular formula is C17H17ClN2O. The number of primary amides is 1. The van der Waals surface area contributed by atoms with Crippen molar-refractivity contribution in [2.75, 3.05) is 5.32 Å². The Morgan fingerprint density at radius 3 is 2.52 bits per heavy atom. The lowest BCUT2D eigenvalue weighted by atomic mass is 10.0. The molecule has 0 spiro atoms. The summed E-state index contributed by atoms with van der Waals surface area (Å²) in [5.74, 6) is 0.165. The fourth-order valence-electron chi connectivity index (χ4n) is 2.52. The molecule has 1 aliphatic carbocycles. The number of carbonyl (C=O) groups is 1. The van der Waals surface area contributed by atoms with Crippen LogP contribution in [0.3, 0.4) is 0 Å². The summed E-state index contributed by atoms with van der Waals surface area (Å²) < 4.78 is 0. The van der Waals surface area contributed by atoms with Gasteiger partial charge in [0, 0.05) is 5.56 Å². The van der Waals surface area contributed by atoms with Crippen LogP contribution in [0.4, 0.5) is 5.69 Å². The van der Waals surface area contributed by atoms with Crippen molar-refractivity contribution in [3.8, 4) is 0 Å². The molecule has 1 unspecified atom stereocenters. The minimum Gasteiger partial charge on any atom is -0.377 e. The molecule has 1 atom stereocenters. The van der Waals surface area contributed by atoms with E-state index in [1.807, 2.05) is 18.2 Å². The van der Waals surface area contributed by atoms with Gasteiger partial charge in [0.2, 0.25) is 5.91 Å². The maximum Gasteiger partial charge on any atom is 0.248 e. The number of rotatable bonds is 5. The molecule has 2 aromatic carbocycles. The van der Waals surface area contributed by atoms with Crippen LogP contribution < -0.4 is 11.1 Å². The fraction of sp³-hybridized carbons (Fsp3) is 0.235. The van der Waals surface area contributed by atoms with Crippen molar-refractivity contribution >= 4 is 23.2 Å². The summed E-state index contributed by atoms with van der Waals surface area (Å²) in [6.07, 6.45) is 2.42. The SMILES string of the molecule is NC(=O)c1ccc(Cl)c(NC(c2ccccc2)C2CC2)c1. The molecule has 4 heteroatoms. The summed E-state index contributed by atoms with van der Waals surface area (Å²) >= 11 is 6.24. The van der Waals surface area contributed by atoms with Gasteiger partial charge in [0.15, 0.2) is 0 Å². The Kier molecular flexibility index (Phi) is 3.84. The van der Waals surface area contributed by atoms with Crippen molar-refractivity contribution in [1.29, 1.82) is 0 Å². The molecule has 1 fully saturated rings. The zero-order valence-corrected chi connectivity index (χ0v) is 12.3. The summed E-state index contributed by atoms with van der Waals surface area (Å²) in [5.41, 5.74) is 7.79. The van der Waals surface area contributed by atoms with Gasteiger partial charge in [0.25, 0.3) is 0 Å². The van der Waals surface area contributed by atoms with Gasteiger partial charge in [-0.1, -0.05) is 41.9 Å². The topological polar surface area (TPSA) is 55.1 Å². The molecule has 3 nitrogen and oxygen atoms in total. The van der Waals surface area contributed by atoms with Crippen LogP contribution >= 0.6 is 11.6 Å². The Morgan fingerprint density at radius 1 is 1.19 bits per heavy atom. The van der Waals surface area contributed by atoms with Crippen LogP contribution in [0.1, 0.15) is 34.8 Å². The highest BCUT2D eigenvalue weighted by atomic mass is 35.5. The number of hydrogen-bond donors (Lipinski definition) is 2. The number of carbonyl (C=O) groups excluding carboxylic acids is 1. The van der Waals surface area contributed by atoms with E-state index in [1.54, 1.807) is 18.2 Å². The number of nitrogens with one attached hydrogen (secondary N) is 1. The predicted octanol–water partition coefficient (Wildman–Crippen LogP) is 4.00. The second kappa shape index (κ2) is 5.78. The molecule has 1 aliphatic rings. The van der Waals surface area contributed by atoms with Crippen LogP contribution in [0.5, 0.6) is 0 Å². The maximum absolute atomic E-state index is 11.3. The van der Waals surface area contributed by atoms with Gasteiger partial charge in [0.05, 0.1) is 16.8 Å². The van der Waals surface area contributed by atoms with Gasteiger partial charge in [-0.3, -0.25) is 4.79 Å². The summed E-state index contributed by atoms with van der Waals surface area (Å²) in [6, 6.07) is 15.6. The number of hydrogen-bond acceptors (Lipinski definition) is 2. The molecule has 0 bridgehead atoms. The van der Waals surface area contributed by atoms with E-state index < -0.39 is 5.91 Å². The highest BCUT2D eigenvalue weighted by Gasteiger charge is 2.32. The quantitative estimate of drug-likeness (QED) is 0.877.